The van der Waals surface area contributed by atoms with Crippen molar-refractivity contribution in [1.82, 2.24) is 9.55 Å². The number of pyridine rings is 1. The highest BCUT2D eigenvalue weighted by molar-refractivity contribution is 5.97. The minimum atomic E-state index is -1.42. The fraction of sp³-hybridized carbons (Fsp3) is 0.355. The first-order valence-electron chi connectivity index (χ1n) is 13.1. The standard InChI is InChI=1S/C29H30F2N2O4.C2H6/c1-6-29(4,5)37-26(28(35)36)24-22(19-9-7-16(2)8-10-19)20-11-12-33(25(20)27(34)32-24)15-18-13-17(3)23(31)21(30)14-18;1-2/h7-14,26H,6,15H2,1-5H3,(H,32,34)(H,35,36);1-2H3. The van der Waals surface area contributed by atoms with Gasteiger partial charge in [-0.05, 0) is 62.9 Å². The zero-order valence-electron chi connectivity index (χ0n) is 23.5. The van der Waals surface area contributed by atoms with E-state index in [1.807, 2.05) is 52.0 Å². The molecule has 0 aliphatic carbocycles. The van der Waals surface area contributed by atoms with Gasteiger partial charge in [-0.15, -0.1) is 0 Å². The molecule has 2 aromatic carbocycles. The van der Waals surface area contributed by atoms with E-state index in [1.165, 1.54) is 13.0 Å². The summed E-state index contributed by atoms with van der Waals surface area (Å²) in [6, 6.07) is 11.9. The van der Waals surface area contributed by atoms with E-state index in [4.69, 9.17) is 4.74 Å². The van der Waals surface area contributed by atoms with Crippen molar-refractivity contribution in [1.29, 1.82) is 0 Å². The number of hydrogen-bond donors (Lipinski definition) is 2. The molecule has 4 aromatic rings. The second-order valence-electron chi connectivity index (χ2n) is 9.97. The number of aromatic amines is 1. The predicted octanol–water partition coefficient (Wildman–Crippen LogP) is 7.30. The van der Waals surface area contributed by atoms with E-state index in [9.17, 15) is 23.5 Å². The molecule has 208 valence electrons. The minimum Gasteiger partial charge on any atom is -0.479 e. The van der Waals surface area contributed by atoms with Crippen molar-refractivity contribution in [2.45, 2.75) is 73.1 Å². The van der Waals surface area contributed by atoms with Crippen molar-refractivity contribution < 1.29 is 23.4 Å². The summed E-state index contributed by atoms with van der Waals surface area (Å²) in [5.74, 6) is -3.08. The van der Waals surface area contributed by atoms with Gasteiger partial charge in [-0.2, -0.15) is 0 Å². The van der Waals surface area contributed by atoms with E-state index in [2.05, 4.69) is 4.98 Å². The topological polar surface area (TPSA) is 84.3 Å². The maximum Gasteiger partial charge on any atom is 0.339 e. The lowest BCUT2D eigenvalue weighted by molar-refractivity contribution is -0.163. The average Bonchev–Trinajstić information content (AvgIpc) is 3.31. The van der Waals surface area contributed by atoms with Crippen LogP contribution in [-0.4, -0.2) is 26.2 Å². The Morgan fingerprint density at radius 1 is 1.10 bits per heavy atom. The first-order valence-corrected chi connectivity index (χ1v) is 13.1. The summed E-state index contributed by atoms with van der Waals surface area (Å²) in [5.41, 5.74) is 2.12. The average molecular weight is 539 g/mol. The van der Waals surface area contributed by atoms with Gasteiger partial charge < -0.3 is 19.4 Å². The Kier molecular flexibility index (Phi) is 9.12. The van der Waals surface area contributed by atoms with Crippen LogP contribution in [0.15, 0.2) is 53.5 Å². The summed E-state index contributed by atoms with van der Waals surface area (Å²) in [6.07, 6.45) is 0.832. The second-order valence-corrected chi connectivity index (χ2v) is 9.97. The van der Waals surface area contributed by atoms with Crippen molar-refractivity contribution in [3.05, 3.63) is 93.0 Å². The van der Waals surface area contributed by atoms with Crippen LogP contribution in [0.3, 0.4) is 0 Å². The lowest BCUT2D eigenvalue weighted by Crippen LogP contribution is -2.31. The van der Waals surface area contributed by atoms with Crippen molar-refractivity contribution >= 4 is 16.9 Å². The van der Waals surface area contributed by atoms with Crippen LogP contribution in [0.5, 0.6) is 0 Å². The summed E-state index contributed by atoms with van der Waals surface area (Å²) >= 11 is 0. The van der Waals surface area contributed by atoms with Crippen molar-refractivity contribution in [3.8, 4) is 11.1 Å². The zero-order valence-corrected chi connectivity index (χ0v) is 23.5. The number of fused-ring (bicyclic) bond motifs is 1. The number of hydrogen-bond acceptors (Lipinski definition) is 3. The third-order valence-corrected chi connectivity index (χ3v) is 6.70. The predicted molar refractivity (Wildman–Crippen MR) is 150 cm³/mol. The fourth-order valence-corrected chi connectivity index (χ4v) is 4.40. The first kappa shape index (κ1) is 29.8. The number of nitrogens with zero attached hydrogens (tertiary/aromatic N) is 1. The molecule has 2 heterocycles. The molecule has 0 amide bonds. The van der Waals surface area contributed by atoms with Gasteiger partial charge in [-0.25, -0.2) is 13.6 Å². The number of rotatable bonds is 8. The van der Waals surface area contributed by atoms with Gasteiger partial charge in [0.1, 0.15) is 5.52 Å². The van der Waals surface area contributed by atoms with Gasteiger partial charge in [0, 0.05) is 23.7 Å². The number of aryl methyl sites for hydroxylation is 2. The molecule has 0 bridgehead atoms. The highest BCUT2D eigenvalue weighted by atomic mass is 19.2. The Balaban J connectivity index is 0.00000205. The summed E-state index contributed by atoms with van der Waals surface area (Å²) in [4.78, 5) is 28.6. The van der Waals surface area contributed by atoms with Crippen LogP contribution in [0, 0.1) is 25.5 Å². The third-order valence-electron chi connectivity index (χ3n) is 6.70. The maximum absolute atomic E-state index is 14.0. The molecule has 4 rings (SSSR count). The number of nitrogens with one attached hydrogen (secondary N) is 1. The summed E-state index contributed by atoms with van der Waals surface area (Å²) in [5, 5.41) is 10.7. The van der Waals surface area contributed by atoms with Crippen LogP contribution < -0.4 is 5.56 Å². The molecule has 1 unspecified atom stereocenters. The van der Waals surface area contributed by atoms with E-state index in [1.54, 1.807) is 30.7 Å². The highest BCUT2D eigenvalue weighted by Gasteiger charge is 2.33. The molecule has 0 aliphatic heterocycles. The number of carboxylic acid groups (broad SMARTS) is 1. The molecule has 1 atom stereocenters. The molecule has 2 aromatic heterocycles. The molecule has 0 aliphatic rings. The Morgan fingerprint density at radius 2 is 1.74 bits per heavy atom. The van der Waals surface area contributed by atoms with Crippen molar-refractivity contribution in [3.63, 3.8) is 0 Å². The maximum atomic E-state index is 14.0. The first-order chi connectivity index (χ1) is 18.4. The summed E-state index contributed by atoms with van der Waals surface area (Å²) in [7, 11) is 0. The zero-order chi connectivity index (χ0) is 29.1. The van der Waals surface area contributed by atoms with Crippen LogP contribution in [0.25, 0.3) is 22.0 Å². The van der Waals surface area contributed by atoms with Gasteiger partial charge in [0.15, 0.2) is 17.7 Å². The Hall–Kier alpha value is -3.78. The molecule has 2 N–H and O–H groups in total. The molecule has 0 saturated carbocycles. The van der Waals surface area contributed by atoms with Crippen LogP contribution in [0.2, 0.25) is 0 Å². The SMILES string of the molecule is CC.CCC(C)(C)OC(C(=O)O)c1[nH]c(=O)c2c(ccn2Cc2cc(C)c(F)c(F)c2)c1-c1ccc(C)cc1. The molecule has 0 saturated heterocycles. The van der Waals surface area contributed by atoms with Gasteiger partial charge in [0.05, 0.1) is 11.3 Å². The highest BCUT2D eigenvalue weighted by Crippen LogP contribution is 2.37. The summed E-state index contributed by atoms with van der Waals surface area (Å²) in [6.45, 7) is 13.0. The lowest BCUT2D eigenvalue weighted by Gasteiger charge is -2.29. The van der Waals surface area contributed by atoms with E-state index in [0.717, 1.165) is 11.6 Å². The molecule has 39 heavy (non-hydrogen) atoms. The number of carbonyl (C=O) groups is 1. The number of benzene rings is 2. The Bertz CT molecular complexity index is 1510. The minimum absolute atomic E-state index is 0.124. The summed E-state index contributed by atoms with van der Waals surface area (Å²) < 4.78 is 35.5. The molecule has 0 spiro atoms. The smallest absolute Gasteiger partial charge is 0.339 e. The van der Waals surface area contributed by atoms with Gasteiger partial charge in [0.2, 0.25) is 0 Å². The van der Waals surface area contributed by atoms with E-state index >= 15 is 0 Å². The molecule has 8 heteroatoms. The number of aromatic nitrogens is 2. The molecule has 0 radical (unpaired) electrons. The van der Waals surface area contributed by atoms with Crippen LogP contribution >= 0.6 is 0 Å². The van der Waals surface area contributed by atoms with Crippen molar-refractivity contribution in [2.24, 2.45) is 0 Å². The molecule has 0 fully saturated rings. The number of halogens is 2. The van der Waals surface area contributed by atoms with E-state index in [-0.39, 0.29) is 17.8 Å². The third kappa shape index (κ3) is 6.28. The van der Waals surface area contributed by atoms with Crippen LogP contribution in [0.1, 0.15) is 69.5 Å². The van der Waals surface area contributed by atoms with Gasteiger partial charge in [-0.3, -0.25) is 4.79 Å². The van der Waals surface area contributed by atoms with Gasteiger partial charge in [-0.1, -0.05) is 56.7 Å². The monoisotopic (exact) mass is 538 g/mol. The van der Waals surface area contributed by atoms with Gasteiger partial charge in [0.25, 0.3) is 5.56 Å². The number of aliphatic carboxylic acids is 1. The number of carboxylic acids is 1. The number of H-pyrrole nitrogens is 1. The molecular weight excluding hydrogens is 502 g/mol. The number of ether oxygens (including phenoxy) is 1. The lowest BCUT2D eigenvalue weighted by atomic mass is 9.96. The normalized spacial score (nSPS) is 12.2. The van der Waals surface area contributed by atoms with Crippen LogP contribution in [0.4, 0.5) is 8.78 Å². The molecule has 6 nitrogen and oxygen atoms in total. The molecular formula is C31H36F2N2O4. The Labute approximate surface area is 227 Å². The van der Waals surface area contributed by atoms with E-state index in [0.29, 0.717) is 34.0 Å². The fourth-order valence-electron chi connectivity index (χ4n) is 4.40. The quantitative estimate of drug-likeness (QED) is 0.247. The second kappa shape index (κ2) is 11.9. The van der Waals surface area contributed by atoms with Gasteiger partial charge >= 0.3 is 5.97 Å². The van der Waals surface area contributed by atoms with E-state index < -0.39 is 34.9 Å². The Morgan fingerprint density at radius 3 is 2.31 bits per heavy atom. The largest absolute Gasteiger partial charge is 0.479 e. The van der Waals surface area contributed by atoms with Crippen LogP contribution in [-0.2, 0) is 16.1 Å². The van der Waals surface area contributed by atoms with Crippen molar-refractivity contribution in [2.75, 3.05) is 0 Å².